The fourth-order valence-electron chi connectivity index (χ4n) is 4.68. The number of hydrogen-bond donors (Lipinski definition) is 2. The molecule has 2 N–H and O–H groups in total. The first-order valence-electron chi connectivity index (χ1n) is 11.9. The maximum atomic E-state index is 13.3. The van der Waals surface area contributed by atoms with Crippen LogP contribution in [0.1, 0.15) is 22.3 Å². The van der Waals surface area contributed by atoms with Gasteiger partial charge < -0.3 is 19.6 Å². The first kappa shape index (κ1) is 25.0. The third kappa shape index (κ3) is 5.20. The SMILES string of the molecule is Cn1ccc2cc(-c3ccc(OC(F)(F)F)c(C(=O)NC(CC#N)Cc4c[nH]c5ccccc45)c3)ccc21. The molecule has 0 saturated heterocycles. The Labute approximate surface area is 216 Å². The highest BCUT2D eigenvalue weighted by Gasteiger charge is 2.33. The molecule has 0 fully saturated rings. The summed E-state index contributed by atoms with van der Waals surface area (Å²) in [5.41, 5.74) is 3.83. The quantitative estimate of drug-likeness (QED) is 0.260. The molecule has 1 atom stereocenters. The molecule has 0 saturated carbocycles. The molecule has 38 heavy (non-hydrogen) atoms. The number of benzene rings is 3. The van der Waals surface area contributed by atoms with Crippen LogP contribution in [0.5, 0.6) is 5.75 Å². The Morgan fingerprint density at radius 2 is 1.87 bits per heavy atom. The van der Waals surface area contributed by atoms with Crippen LogP contribution in [0.25, 0.3) is 32.9 Å². The van der Waals surface area contributed by atoms with Gasteiger partial charge in [0.15, 0.2) is 0 Å². The van der Waals surface area contributed by atoms with Crippen LogP contribution in [0.3, 0.4) is 0 Å². The average Bonchev–Trinajstić information content (AvgIpc) is 3.46. The van der Waals surface area contributed by atoms with Crippen molar-refractivity contribution < 1.29 is 22.7 Å². The second kappa shape index (κ2) is 9.98. The van der Waals surface area contributed by atoms with Gasteiger partial charge in [0, 0.05) is 47.3 Å². The summed E-state index contributed by atoms with van der Waals surface area (Å²) < 4.78 is 45.6. The monoisotopic (exact) mass is 516 g/mol. The molecule has 0 radical (unpaired) electrons. The summed E-state index contributed by atoms with van der Waals surface area (Å²) in [6.07, 6.45) is -0.958. The number of carbonyl (C=O) groups is 1. The lowest BCUT2D eigenvalue weighted by molar-refractivity contribution is -0.274. The minimum atomic E-state index is -4.98. The number of halogens is 3. The molecule has 5 aromatic rings. The third-order valence-corrected chi connectivity index (χ3v) is 6.48. The van der Waals surface area contributed by atoms with Crippen LogP contribution < -0.4 is 10.1 Å². The fraction of sp³-hybridized carbons (Fsp3) is 0.172. The van der Waals surface area contributed by atoms with Crippen LogP contribution in [0.2, 0.25) is 0 Å². The number of H-pyrrole nitrogens is 1. The van der Waals surface area contributed by atoms with E-state index in [9.17, 15) is 23.2 Å². The largest absolute Gasteiger partial charge is 0.573 e. The summed E-state index contributed by atoms with van der Waals surface area (Å²) in [6.45, 7) is 0. The number of aromatic nitrogens is 2. The van der Waals surface area contributed by atoms with E-state index in [1.807, 2.05) is 66.3 Å². The Morgan fingerprint density at radius 1 is 1.11 bits per heavy atom. The number of para-hydroxylation sites is 1. The number of alkyl halides is 3. The zero-order valence-electron chi connectivity index (χ0n) is 20.3. The highest BCUT2D eigenvalue weighted by atomic mass is 19.4. The van der Waals surface area contributed by atoms with Gasteiger partial charge in [-0.15, -0.1) is 13.2 Å². The molecule has 5 rings (SSSR count). The van der Waals surface area contributed by atoms with Gasteiger partial charge in [0.05, 0.1) is 18.1 Å². The molecule has 9 heteroatoms. The van der Waals surface area contributed by atoms with Crippen molar-refractivity contribution in [2.24, 2.45) is 7.05 Å². The standard InChI is InChI=1S/C29H23F3N4O2/c1-36-13-11-20-14-18(6-8-26(20)36)19-7-9-27(38-29(30,31)32)24(16-19)28(37)35-22(10-12-33)15-21-17-34-25-5-3-2-4-23(21)25/h2-9,11,13-14,16-17,22,34H,10,15H2,1H3,(H,35,37). The molecule has 2 aromatic heterocycles. The van der Waals surface area contributed by atoms with E-state index in [2.05, 4.69) is 21.1 Å². The number of fused-ring (bicyclic) bond motifs is 2. The van der Waals surface area contributed by atoms with E-state index in [1.54, 1.807) is 6.20 Å². The summed E-state index contributed by atoms with van der Waals surface area (Å²) in [7, 11) is 1.92. The van der Waals surface area contributed by atoms with E-state index in [4.69, 9.17) is 0 Å². The van der Waals surface area contributed by atoms with Crippen molar-refractivity contribution in [3.8, 4) is 22.9 Å². The van der Waals surface area contributed by atoms with Crippen molar-refractivity contribution >= 4 is 27.7 Å². The number of amides is 1. The second-order valence-corrected chi connectivity index (χ2v) is 9.06. The number of hydrogen-bond acceptors (Lipinski definition) is 3. The Morgan fingerprint density at radius 3 is 2.66 bits per heavy atom. The van der Waals surface area contributed by atoms with Crippen molar-refractivity contribution in [1.82, 2.24) is 14.9 Å². The zero-order valence-corrected chi connectivity index (χ0v) is 20.3. The molecule has 6 nitrogen and oxygen atoms in total. The minimum absolute atomic E-state index is 0.0227. The van der Waals surface area contributed by atoms with Gasteiger partial charge in [-0.3, -0.25) is 4.79 Å². The van der Waals surface area contributed by atoms with Gasteiger partial charge in [-0.05, 0) is 59.5 Å². The highest BCUT2D eigenvalue weighted by Crippen LogP contribution is 2.32. The van der Waals surface area contributed by atoms with E-state index in [0.29, 0.717) is 12.0 Å². The van der Waals surface area contributed by atoms with E-state index >= 15 is 0 Å². The lowest BCUT2D eigenvalue weighted by atomic mass is 9.99. The minimum Gasteiger partial charge on any atom is -0.405 e. The van der Waals surface area contributed by atoms with Crippen molar-refractivity contribution in [3.05, 3.63) is 90.3 Å². The molecular formula is C29H23F3N4O2. The summed E-state index contributed by atoms with van der Waals surface area (Å²) in [5.74, 6) is -1.37. The summed E-state index contributed by atoms with van der Waals surface area (Å²) in [4.78, 5) is 16.5. The van der Waals surface area contributed by atoms with Gasteiger partial charge in [-0.1, -0.05) is 30.3 Å². The van der Waals surface area contributed by atoms with Crippen molar-refractivity contribution in [1.29, 1.82) is 5.26 Å². The van der Waals surface area contributed by atoms with E-state index < -0.39 is 24.1 Å². The number of carbonyl (C=O) groups excluding carboxylic acids is 1. The van der Waals surface area contributed by atoms with Gasteiger partial charge in [0.1, 0.15) is 5.75 Å². The number of nitrogens with zero attached hydrogens (tertiary/aromatic N) is 2. The molecule has 1 amide bonds. The molecule has 1 unspecified atom stereocenters. The van der Waals surface area contributed by atoms with Gasteiger partial charge in [0.2, 0.25) is 0 Å². The number of nitrogens with one attached hydrogen (secondary N) is 2. The summed E-state index contributed by atoms with van der Waals surface area (Å²) in [5, 5.41) is 14.0. The van der Waals surface area contributed by atoms with Crippen LogP contribution in [0, 0.1) is 11.3 Å². The van der Waals surface area contributed by atoms with Gasteiger partial charge in [-0.2, -0.15) is 5.26 Å². The van der Waals surface area contributed by atoms with Crippen molar-refractivity contribution in [2.45, 2.75) is 25.2 Å². The molecule has 0 aliphatic carbocycles. The van der Waals surface area contributed by atoms with Crippen LogP contribution in [0.15, 0.2) is 79.1 Å². The van der Waals surface area contributed by atoms with Crippen molar-refractivity contribution in [2.75, 3.05) is 0 Å². The topological polar surface area (TPSA) is 82.8 Å². The summed E-state index contributed by atoms with van der Waals surface area (Å²) in [6, 6.07) is 20.7. The van der Waals surface area contributed by atoms with Gasteiger partial charge in [-0.25, -0.2) is 0 Å². The number of nitriles is 1. The maximum absolute atomic E-state index is 13.3. The number of aryl methyl sites for hydroxylation is 1. The average molecular weight is 517 g/mol. The predicted octanol–water partition coefficient (Wildman–Crippen LogP) is 6.48. The second-order valence-electron chi connectivity index (χ2n) is 9.06. The van der Waals surface area contributed by atoms with Crippen molar-refractivity contribution in [3.63, 3.8) is 0 Å². The van der Waals surface area contributed by atoms with Crippen LogP contribution in [-0.2, 0) is 13.5 Å². The number of aromatic amines is 1. The smallest absolute Gasteiger partial charge is 0.405 e. The number of ether oxygens (including phenoxy) is 1. The van der Waals surface area contributed by atoms with Gasteiger partial charge >= 0.3 is 6.36 Å². The number of rotatable bonds is 7. The molecular weight excluding hydrogens is 493 g/mol. The molecule has 0 bridgehead atoms. The highest BCUT2D eigenvalue weighted by molar-refractivity contribution is 5.99. The zero-order chi connectivity index (χ0) is 26.9. The van der Waals surface area contributed by atoms with Crippen LogP contribution >= 0.6 is 0 Å². The molecule has 192 valence electrons. The molecule has 0 aliphatic heterocycles. The fourth-order valence-corrected chi connectivity index (χ4v) is 4.68. The molecule has 2 heterocycles. The Bertz CT molecular complexity index is 1680. The van der Waals surface area contributed by atoms with Gasteiger partial charge in [0.25, 0.3) is 5.91 Å². The lowest BCUT2D eigenvalue weighted by Gasteiger charge is -2.19. The normalized spacial score (nSPS) is 12.4. The Hall–Kier alpha value is -4.71. The van der Waals surface area contributed by atoms with E-state index in [1.165, 1.54) is 12.1 Å². The van der Waals surface area contributed by atoms with E-state index in [0.717, 1.165) is 39.0 Å². The lowest BCUT2D eigenvalue weighted by Crippen LogP contribution is -2.36. The summed E-state index contributed by atoms with van der Waals surface area (Å²) >= 11 is 0. The Kier molecular flexibility index (Phi) is 6.55. The molecule has 3 aromatic carbocycles. The maximum Gasteiger partial charge on any atom is 0.573 e. The Balaban J connectivity index is 1.47. The predicted molar refractivity (Wildman–Crippen MR) is 139 cm³/mol. The third-order valence-electron chi connectivity index (χ3n) is 6.48. The molecule has 0 spiro atoms. The first-order valence-corrected chi connectivity index (χ1v) is 11.9. The van der Waals surface area contributed by atoms with Crippen LogP contribution in [0.4, 0.5) is 13.2 Å². The first-order chi connectivity index (χ1) is 18.2. The van der Waals surface area contributed by atoms with E-state index in [-0.39, 0.29) is 12.0 Å². The molecule has 0 aliphatic rings. The van der Waals surface area contributed by atoms with Crippen LogP contribution in [-0.4, -0.2) is 27.9 Å².